The first kappa shape index (κ1) is 14.3. The molecule has 0 radical (unpaired) electrons. The number of likely N-dealkylation sites (N-methyl/N-ethyl adjacent to an activating group) is 1. The van der Waals surface area contributed by atoms with Gasteiger partial charge in [-0.3, -0.25) is 4.79 Å². The van der Waals surface area contributed by atoms with Crippen molar-refractivity contribution in [2.75, 3.05) is 23.7 Å². The van der Waals surface area contributed by atoms with Crippen LogP contribution in [0.1, 0.15) is 26.5 Å². The van der Waals surface area contributed by atoms with Gasteiger partial charge in [0.25, 0.3) is 0 Å². The van der Waals surface area contributed by atoms with Gasteiger partial charge in [-0.15, -0.1) is 0 Å². The lowest BCUT2D eigenvalue weighted by atomic mass is 10.3. The molecule has 0 unspecified atom stereocenters. The Bertz CT molecular complexity index is 417. The first-order valence-corrected chi connectivity index (χ1v) is 6.21. The maximum absolute atomic E-state index is 11.7. The van der Waals surface area contributed by atoms with Crippen molar-refractivity contribution in [3.05, 3.63) is 17.8 Å². The number of carbonyl (C=O) groups is 1. The fourth-order valence-corrected chi connectivity index (χ4v) is 1.63. The molecule has 1 heterocycles. The van der Waals surface area contributed by atoms with E-state index in [1.165, 1.54) is 0 Å². The van der Waals surface area contributed by atoms with E-state index in [4.69, 9.17) is 5.73 Å². The highest BCUT2D eigenvalue weighted by atomic mass is 16.2. The van der Waals surface area contributed by atoms with Gasteiger partial charge in [0.2, 0.25) is 5.91 Å². The van der Waals surface area contributed by atoms with Crippen molar-refractivity contribution < 1.29 is 4.79 Å². The van der Waals surface area contributed by atoms with Crippen molar-refractivity contribution in [2.24, 2.45) is 0 Å². The number of rotatable bonds is 5. The van der Waals surface area contributed by atoms with E-state index in [9.17, 15) is 4.79 Å². The summed E-state index contributed by atoms with van der Waals surface area (Å²) in [5.41, 5.74) is 7.19. The Balaban J connectivity index is 2.76. The summed E-state index contributed by atoms with van der Waals surface area (Å²) in [4.78, 5) is 18.1. The van der Waals surface area contributed by atoms with Crippen LogP contribution in [0.25, 0.3) is 0 Å². The quantitative estimate of drug-likeness (QED) is 0.827. The molecular weight excluding hydrogens is 228 g/mol. The van der Waals surface area contributed by atoms with Crippen LogP contribution >= 0.6 is 0 Å². The highest BCUT2D eigenvalue weighted by molar-refractivity contribution is 5.81. The largest absolute Gasteiger partial charge is 0.397 e. The summed E-state index contributed by atoms with van der Waals surface area (Å²) in [7, 11) is 0. The first-order chi connectivity index (χ1) is 8.43. The van der Waals surface area contributed by atoms with E-state index in [-0.39, 0.29) is 11.9 Å². The van der Waals surface area contributed by atoms with Crippen LogP contribution in [0.3, 0.4) is 0 Å². The van der Waals surface area contributed by atoms with E-state index in [2.05, 4.69) is 10.3 Å². The molecule has 1 amide bonds. The molecule has 0 aromatic carbocycles. The Morgan fingerprint density at radius 2 is 2.17 bits per heavy atom. The van der Waals surface area contributed by atoms with Crippen LogP contribution in [0.15, 0.2) is 12.1 Å². The highest BCUT2D eigenvalue weighted by Gasteiger charge is 2.12. The zero-order chi connectivity index (χ0) is 13.7. The minimum absolute atomic E-state index is 0.00290. The number of nitrogens with zero attached hydrogens (tertiary/aromatic N) is 2. The number of carbonyl (C=O) groups excluding carboxylic acids is 1. The van der Waals surface area contributed by atoms with Gasteiger partial charge in [-0.1, -0.05) is 0 Å². The molecule has 5 heteroatoms. The Kier molecular flexibility index (Phi) is 4.95. The molecular formula is C13H22N4O. The van der Waals surface area contributed by atoms with Gasteiger partial charge in [-0.05, 0) is 39.8 Å². The highest BCUT2D eigenvalue weighted by Crippen LogP contribution is 2.15. The topological polar surface area (TPSA) is 71.2 Å². The monoisotopic (exact) mass is 250 g/mol. The second-order valence-corrected chi connectivity index (χ2v) is 4.58. The summed E-state index contributed by atoms with van der Waals surface area (Å²) >= 11 is 0. The van der Waals surface area contributed by atoms with Crippen LogP contribution in [-0.2, 0) is 4.79 Å². The summed E-state index contributed by atoms with van der Waals surface area (Å²) in [6.07, 6.45) is 0. The van der Waals surface area contributed by atoms with Crippen LogP contribution in [-0.4, -0.2) is 30.0 Å². The van der Waals surface area contributed by atoms with Gasteiger partial charge >= 0.3 is 0 Å². The number of hydrogen-bond donors (Lipinski definition) is 2. The summed E-state index contributed by atoms with van der Waals surface area (Å²) < 4.78 is 0. The zero-order valence-corrected chi connectivity index (χ0v) is 11.5. The molecule has 0 aliphatic carbocycles. The molecule has 0 fully saturated rings. The molecule has 0 saturated heterocycles. The molecule has 100 valence electrons. The average Bonchev–Trinajstić information content (AvgIpc) is 2.29. The van der Waals surface area contributed by atoms with Crippen molar-refractivity contribution in [3.8, 4) is 0 Å². The Labute approximate surface area is 108 Å². The molecule has 1 aromatic heterocycles. The molecule has 0 aliphatic rings. The van der Waals surface area contributed by atoms with Crippen LogP contribution in [0.5, 0.6) is 0 Å². The fourth-order valence-electron chi connectivity index (χ4n) is 1.63. The van der Waals surface area contributed by atoms with E-state index in [1.807, 2.05) is 44.7 Å². The minimum Gasteiger partial charge on any atom is -0.397 e. The van der Waals surface area contributed by atoms with E-state index in [1.54, 1.807) is 0 Å². The molecule has 1 aromatic rings. The summed E-state index contributed by atoms with van der Waals surface area (Å²) in [5, 5.41) is 2.87. The number of pyridine rings is 1. The second kappa shape index (κ2) is 6.23. The molecule has 18 heavy (non-hydrogen) atoms. The summed E-state index contributed by atoms with van der Waals surface area (Å²) in [6.45, 7) is 8.78. The lowest BCUT2D eigenvalue weighted by molar-refractivity contribution is -0.120. The van der Waals surface area contributed by atoms with E-state index in [0.29, 0.717) is 12.2 Å². The first-order valence-electron chi connectivity index (χ1n) is 6.21. The molecule has 0 atom stereocenters. The fraction of sp³-hybridized carbons (Fsp3) is 0.538. The van der Waals surface area contributed by atoms with Crippen LogP contribution in [0.4, 0.5) is 11.5 Å². The minimum atomic E-state index is 0.00290. The molecule has 0 bridgehead atoms. The molecule has 0 spiro atoms. The Morgan fingerprint density at radius 3 is 2.67 bits per heavy atom. The zero-order valence-electron chi connectivity index (χ0n) is 11.5. The van der Waals surface area contributed by atoms with Crippen molar-refractivity contribution in [2.45, 2.75) is 33.7 Å². The SMILES string of the molecule is CCN(CC(=O)NC(C)C)c1ccc(N)c(C)n1. The van der Waals surface area contributed by atoms with Gasteiger partial charge < -0.3 is 16.0 Å². The predicted octanol–water partition coefficient (Wildman–Crippen LogP) is 1.32. The second-order valence-electron chi connectivity index (χ2n) is 4.58. The van der Waals surface area contributed by atoms with Gasteiger partial charge in [-0.25, -0.2) is 4.98 Å². The normalized spacial score (nSPS) is 10.5. The van der Waals surface area contributed by atoms with Crippen molar-refractivity contribution in [1.29, 1.82) is 0 Å². The maximum Gasteiger partial charge on any atom is 0.239 e. The number of amides is 1. The van der Waals surface area contributed by atoms with Crippen molar-refractivity contribution in [1.82, 2.24) is 10.3 Å². The molecule has 0 aliphatic heterocycles. The number of hydrogen-bond acceptors (Lipinski definition) is 4. The van der Waals surface area contributed by atoms with E-state index < -0.39 is 0 Å². The summed E-state index contributed by atoms with van der Waals surface area (Å²) in [5.74, 6) is 0.784. The third-order valence-corrected chi connectivity index (χ3v) is 2.60. The Hall–Kier alpha value is -1.78. The molecule has 5 nitrogen and oxygen atoms in total. The van der Waals surface area contributed by atoms with Gasteiger partial charge in [0.15, 0.2) is 0 Å². The lowest BCUT2D eigenvalue weighted by Gasteiger charge is -2.22. The van der Waals surface area contributed by atoms with Crippen LogP contribution in [0, 0.1) is 6.92 Å². The van der Waals surface area contributed by atoms with E-state index in [0.717, 1.165) is 18.1 Å². The third kappa shape index (κ3) is 3.91. The molecule has 0 saturated carbocycles. The number of nitrogens with two attached hydrogens (primary N) is 1. The van der Waals surface area contributed by atoms with Crippen molar-refractivity contribution in [3.63, 3.8) is 0 Å². The third-order valence-electron chi connectivity index (χ3n) is 2.60. The van der Waals surface area contributed by atoms with E-state index >= 15 is 0 Å². The molecule has 3 N–H and O–H groups in total. The van der Waals surface area contributed by atoms with Crippen molar-refractivity contribution >= 4 is 17.4 Å². The molecule has 1 rings (SSSR count). The maximum atomic E-state index is 11.7. The lowest BCUT2D eigenvalue weighted by Crippen LogP contribution is -2.40. The van der Waals surface area contributed by atoms with Gasteiger partial charge in [0.1, 0.15) is 5.82 Å². The van der Waals surface area contributed by atoms with Gasteiger partial charge in [0.05, 0.1) is 17.9 Å². The number of nitrogens with one attached hydrogen (secondary N) is 1. The number of nitrogen functional groups attached to an aromatic ring is 1. The number of anilines is 2. The van der Waals surface area contributed by atoms with Crippen LogP contribution in [0.2, 0.25) is 0 Å². The smallest absolute Gasteiger partial charge is 0.239 e. The predicted molar refractivity (Wildman–Crippen MR) is 74.6 cm³/mol. The summed E-state index contributed by atoms with van der Waals surface area (Å²) in [6, 6.07) is 3.81. The standard InChI is InChI=1S/C13H22N4O/c1-5-17(8-13(18)15-9(2)3)12-7-6-11(14)10(4)16-12/h6-7,9H,5,8,14H2,1-4H3,(H,15,18). The average molecular weight is 250 g/mol. The van der Waals surface area contributed by atoms with Gasteiger partial charge in [-0.2, -0.15) is 0 Å². The number of aryl methyl sites for hydroxylation is 1. The van der Waals surface area contributed by atoms with Crippen LogP contribution < -0.4 is 16.0 Å². The van der Waals surface area contributed by atoms with Gasteiger partial charge in [0, 0.05) is 12.6 Å². The Morgan fingerprint density at radius 1 is 1.50 bits per heavy atom. The number of aromatic nitrogens is 1.